The summed E-state index contributed by atoms with van der Waals surface area (Å²) in [5.74, 6) is -0.376. The van der Waals surface area contributed by atoms with Crippen LogP contribution in [0.15, 0.2) is 6.33 Å². The number of hydrogen-bond acceptors (Lipinski definition) is 6. The minimum Gasteiger partial charge on any atom is -0.548 e. The third-order valence-corrected chi connectivity index (χ3v) is 2.15. The number of carbonyl (C=O) groups is 1. The summed E-state index contributed by atoms with van der Waals surface area (Å²) in [5, 5.41) is 10.5. The maximum atomic E-state index is 10.5. The van der Waals surface area contributed by atoms with Gasteiger partial charge in [0.1, 0.15) is 11.3 Å². The van der Waals surface area contributed by atoms with E-state index >= 15 is 0 Å². The van der Waals surface area contributed by atoms with Crippen molar-refractivity contribution in [2.45, 2.75) is 19.9 Å². The molecule has 2 aromatic rings. The Morgan fingerprint density at radius 3 is 2.94 bits per heavy atom. The summed E-state index contributed by atoms with van der Waals surface area (Å²) in [4.78, 5) is 22.7. The highest BCUT2D eigenvalue weighted by molar-refractivity contribution is 5.82. The lowest BCUT2D eigenvalue weighted by atomic mass is 10.4. The van der Waals surface area contributed by atoms with Crippen LogP contribution in [0.25, 0.3) is 11.2 Å². The Morgan fingerprint density at radius 2 is 2.31 bits per heavy atom. The molecule has 0 radical (unpaired) electrons. The van der Waals surface area contributed by atoms with Crippen molar-refractivity contribution in [3.63, 3.8) is 0 Å². The van der Waals surface area contributed by atoms with E-state index < -0.39 is 5.97 Å². The maximum absolute atomic E-state index is 10.5. The fourth-order valence-corrected chi connectivity index (χ4v) is 1.43. The molecular formula is C9H10N5O2-. The third-order valence-electron chi connectivity index (χ3n) is 2.15. The molecule has 0 unspecified atom stereocenters. The number of carboxylic acid groups (broad SMARTS) is 1. The van der Waals surface area contributed by atoms with Crippen LogP contribution in [0.5, 0.6) is 0 Å². The van der Waals surface area contributed by atoms with Gasteiger partial charge in [0.2, 0.25) is 0 Å². The first-order valence-electron chi connectivity index (χ1n) is 4.79. The van der Waals surface area contributed by atoms with Crippen LogP contribution < -0.4 is 10.8 Å². The summed E-state index contributed by atoms with van der Waals surface area (Å²) >= 11 is 0. The number of carbonyl (C=O) groups excluding carboxylic acids is 1. The van der Waals surface area contributed by atoms with E-state index in [1.54, 1.807) is 0 Å². The zero-order valence-electron chi connectivity index (χ0n) is 8.67. The van der Waals surface area contributed by atoms with Gasteiger partial charge in [-0.15, -0.1) is 0 Å². The number of nitrogen functional groups attached to an aromatic ring is 1. The number of hydrogen-bond donors (Lipinski definition) is 1. The zero-order valence-corrected chi connectivity index (χ0v) is 8.67. The van der Waals surface area contributed by atoms with E-state index in [9.17, 15) is 9.90 Å². The molecule has 2 N–H and O–H groups in total. The van der Waals surface area contributed by atoms with Gasteiger partial charge in [-0.3, -0.25) is 0 Å². The molecule has 16 heavy (non-hydrogen) atoms. The quantitative estimate of drug-likeness (QED) is 0.689. The van der Waals surface area contributed by atoms with Crippen LogP contribution in [0.3, 0.4) is 0 Å². The first-order chi connectivity index (χ1) is 7.61. The number of nitrogens with two attached hydrogens (primary N) is 1. The van der Waals surface area contributed by atoms with E-state index in [-0.39, 0.29) is 12.4 Å². The lowest BCUT2D eigenvalue weighted by Gasteiger charge is -2.05. The molecule has 0 aliphatic heterocycles. The maximum Gasteiger partial charge on any atom is 0.166 e. The van der Waals surface area contributed by atoms with Crippen molar-refractivity contribution in [2.75, 3.05) is 5.73 Å². The highest BCUT2D eigenvalue weighted by atomic mass is 16.4. The smallest absolute Gasteiger partial charge is 0.166 e. The van der Waals surface area contributed by atoms with E-state index in [4.69, 9.17) is 5.73 Å². The van der Waals surface area contributed by atoms with Gasteiger partial charge in [-0.1, -0.05) is 6.92 Å². The average molecular weight is 220 g/mol. The molecule has 0 atom stereocenters. The van der Waals surface area contributed by atoms with E-state index in [2.05, 4.69) is 15.0 Å². The van der Waals surface area contributed by atoms with E-state index in [1.165, 1.54) is 10.9 Å². The Hall–Kier alpha value is -2.18. The fourth-order valence-electron chi connectivity index (χ4n) is 1.43. The Balaban J connectivity index is 2.60. The van der Waals surface area contributed by atoms with Gasteiger partial charge in [0.15, 0.2) is 11.5 Å². The number of imidazole rings is 1. The molecule has 0 bridgehead atoms. The molecule has 0 aliphatic carbocycles. The van der Waals surface area contributed by atoms with E-state index in [0.29, 0.717) is 23.4 Å². The molecule has 0 aromatic carbocycles. The standard InChI is InChI=1S/C9H11N5O2/c1-2-5-12-8(10)7-9(13-5)14(4-11-7)3-6(15)16/h4H,2-3H2,1H3,(H,15,16)(H2,10,12,13)/p-1. The van der Waals surface area contributed by atoms with Crippen LogP contribution in [-0.2, 0) is 17.8 Å². The molecule has 84 valence electrons. The number of anilines is 1. The number of fused-ring (bicyclic) bond motifs is 1. The van der Waals surface area contributed by atoms with Gasteiger partial charge in [-0.05, 0) is 0 Å². The lowest BCUT2D eigenvalue weighted by Crippen LogP contribution is -2.27. The normalized spacial score (nSPS) is 10.8. The topological polar surface area (TPSA) is 110 Å². The predicted octanol–water partition coefficient (Wildman–Crippen LogP) is -1.28. The lowest BCUT2D eigenvalue weighted by molar-refractivity contribution is -0.306. The van der Waals surface area contributed by atoms with Crippen LogP contribution in [0.4, 0.5) is 5.82 Å². The van der Waals surface area contributed by atoms with Gasteiger partial charge >= 0.3 is 0 Å². The molecular weight excluding hydrogens is 210 g/mol. The number of rotatable bonds is 3. The Labute approximate surface area is 90.9 Å². The monoisotopic (exact) mass is 220 g/mol. The van der Waals surface area contributed by atoms with Gasteiger partial charge in [0.05, 0.1) is 18.8 Å². The second-order valence-electron chi connectivity index (χ2n) is 3.30. The SMILES string of the molecule is CCc1nc(N)c2ncn(CC(=O)[O-])c2n1. The van der Waals surface area contributed by atoms with E-state index in [1.807, 2.05) is 6.92 Å². The molecule has 2 rings (SSSR count). The number of aromatic nitrogens is 4. The summed E-state index contributed by atoms with van der Waals surface area (Å²) in [5.41, 5.74) is 6.53. The molecule has 0 aliphatic rings. The second-order valence-corrected chi connectivity index (χ2v) is 3.30. The van der Waals surface area contributed by atoms with Crippen molar-refractivity contribution in [1.29, 1.82) is 0 Å². The number of nitrogens with zero attached hydrogens (tertiary/aromatic N) is 4. The second kappa shape index (κ2) is 3.76. The largest absolute Gasteiger partial charge is 0.548 e. The van der Waals surface area contributed by atoms with Crippen molar-refractivity contribution in [2.24, 2.45) is 0 Å². The van der Waals surface area contributed by atoms with E-state index in [0.717, 1.165) is 0 Å². The summed E-state index contributed by atoms with van der Waals surface area (Å²) in [7, 11) is 0. The zero-order chi connectivity index (χ0) is 11.7. The molecule has 0 saturated heterocycles. The molecule has 7 heteroatoms. The van der Waals surface area contributed by atoms with Crippen LogP contribution in [0.1, 0.15) is 12.7 Å². The molecule has 7 nitrogen and oxygen atoms in total. The third kappa shape index (κ3) is 1.67. The summed E-state index contributed by atoms with van der Waals surface area (Å²) < 4.78 is 1.38. The predicted molar refractivity (Wildman–Crippen MR) is 54.1 cm³/mol. The first kappa shape index (κ1) is 10.3. The Kier molecular flexibility index (Phi) is 2.43. The van der Waals surface area contributed by atoms with Crippen molar-refractivity contribution in [3.05, 3.63) is 12.2 Å². The van der Waals surface area contributed by atoms with Gasteiger partial charge in [0, 0.05) is 6.42 Å². The van der Waals surface area contributed by atoms with Crippen LogP contribution in [-0.4, -0.2) is 25.5 Å². The highest BCUT2D eigenvalue weighted by Crippen LogP contribution is 2.15. The van der Waals surface area contributed by atoms with Crippen molar-refractivity contribution in [1.82, 2.24) is 19.5 Å². The summed E-state index contributed by atoms with van der Waals surface area (Å²) in [6.07, 6.45) is 1.99. The summed E-state index contributed by atoms with van der Waals surface area (Å²) in [6, 6.07) is 0. The van der Waals surface area contributed by atoms with Gasteiger partial charge in [0.25, 0.3) is 0 Å². The number of carboxylic acids is 1. The molecule has 0 fully saturated rings. The minimum atomic E-state index is -1.20. The minimum absolute atomic E-state index is 0.263. The van der Waals surface area contributed by atoms with Gasteiger partial charge in [-0.25, -0.2) is 15.0 Å². The van der Waals surface area contributed by atoms with Crippen LogP contribution in [0.2, 0.25) is 0 Å². The van der Waals surface area contributed by atoms with Crippen molar-refractivity contribution >= 4 is 23.0 Å². The molecule has 0 saturated carbocycles. The average Bonchev–Trinajstić information content (AvgIpc) is 2.61. The number of aryl methyl sites for hydroxylation is 1. The highest BCUT2D eigenvalue weighted by Gasteiger charge is 2.10. The molecule has 0 spiro atoms. The van der Waals surface area contributed by atoms with Crippen molar-refractivity contribution in [3.8, 4) is 0 Å². The van der Waals surface area contributed by atoms with Gasteiger partial charge in [-0.2, -0.15) is 0 Å². The fraction of sp³-hybridized carbons (Fsp3) is 0.333. The molecule has 2 heterocycles. The number of aliphatic carboxylic acids is 1. The molecule has 2 aromatic heterocycles. The van der Waals surface area contributed by atoms with Gasteiger partial charge < -0.3 is 20.2 Å². The summed E-state index contributed by atoms with van der Waals surface area (Å²) in [6.45, 7) is 1.59. The van der Waals surface area contributed by atoms with Crippen LogP contribution in [0, 0.1) is 0 Å². The van der Waals surface area contributed by atoms with Crippen molar-refractivity contribution < 1.29 is 9.90 Å². The Bertz CT molecular complexity index is 548. The molecule has 0 amide bonds. The van der Waals surface area contributed by atoms with Crippen LogP contribution >= 0.6 is 0 Å². The first-order valence-corrected chi connectivity index (χ1v) is 4.79. The Morgan fingerprint density at radius 1 is 1.56 bits per heavy atom.